The van der Waals surface area contributed by atoms with E-state index in [-0.39, 0.29) is 6.61 Å². The minimum Gasteiger partial charge on any atom is -0.384 e. The van der Waals surface area contributed by atoms with Gasteiger partial charge in [0, 0.05) is 24.7 Å². The summed E-state index contributed by atoms with van der Waals surface area (Å²) < 4.78 is 0.972. The number of aliphatic hydroxyl groups excluding tert-OH is 1. The standard InChI is InChI=1S/C12H13N3OS3/c1-15(2)11-13-14-12(19-11)17-8-10-6-5-9(18-10)4-3-7-16/h5-6,16H,7-8H2,1-2H3. The van der Waals surface area contributed by atoms with E-state index in [1.165, 1.54) is 4.88 Å². The number of aromatic nitrogens is 2. The van der Waals surface area contributed by atoms with Crippen molar-refractivity contribution in [2.45, 2.75) is 10.1 Å². The van der Waals surface area contributed by atoms with Crippen molar-refractivity contribution in [3.63, 3.8) is 0 Å². The summed E-state index contributed by atoms with van der Waals surface area (Å²) in [6, 6.07) is 4.04. The molecule has 100 valence electrons. The Balaban J connectivity index is 1.92. The highest BCUT2D eigenvalue weighted by molar-refractivity contribution is 8.00. The maximum Gasteiger partial charge on any atom is 0.208 e. The van der Waals surface area contributed by atoms with Crippen LogP contribution in [0.5, 0.6) is 0 Å². The number of thiophene rings is 1. The van der Waals surface area contributed by atoms with Gasteiger partial charge in [-0.25, -0.2) is 0 Å². The monoisotopic (exact) mass is 311 g/mol. The number of anilines is 1. The lowest BCUT2D eigenvalue weighted by Crippen LogP contribution is -2.07. The second-order valence-corrected chi connectivity index (χ2v) is 7.11. The molecule has 7 heteroatoms. The average Bonchev–Trinajstić information content (AvgIpc) is 3.03. The van der Waals surface area contributed by atoms with Crippen LogP contribution in [0.4, 0.5) is 5.13 Å². The third-order valence-electron chi connectivity index (χ3n) is 2.07. The number of hydrogen-bond donors (Lipinski definition) is 1. The summed E-state index contributed by atoms with van der Waals surface area (Å²) in [6.07, 6.45) is 0. The Hall–Kier alpha value is -1.07. The van der Waals surface area contributed by atoms with Crippen molar-refractivity contribution in [1.82, 2.24) is 10.2 Å². The first-order valence-electron chi connectivity index (χ1n) is 5.51. The van der Waals surface area contributed by atoms with Gasteiger partial charge in [0.25, 0.3) is 0 Å². The number of nitrogens with zero attached hydrogens (tertiary/aromatic N) is 3. The molecule has 1 N–H and O–H groups in total. The molecule has 0 aliphatic heterocycles. The highest BCUT2D eigenvalue weighted by atomic mass is 32.2. The molecule has 2 aromatic heterocycles. The minimum absolute atomic E-state index is 0.0971. The summed E-state index contributed by atoms with van der Waals surface area (Å²) in [5.74, 6) is 6.43. The van der Waals surface area contributed by atoms with Crippen LogP contribution in [0.1, 0.15) is 9.75 Å². The molecule has 0 bridgehead atoms. The summed E-state index contributed by atoms with van der Waals surface area (Å²) >= 11 is 4.92. The SMILES string of the molecule is CN(C)c1nnc(SCc2ccc(C#CCO)s2)s1. The Bertz CT molecular complexity index is 595. The smallest absolute Gasteiger partial charge is 0.208 e. The fourth-order valence-electron chi connectivity index (χ4n) is 1.22. The van der Waals surface area contributed by atoms with Crippen molar-refractivity contribution in [2.75, 3.05) is 25.6 Å². The van der Waals surface area contributed by atoms with Crippen molar-refractivity contribution in [2.24, 2.45) is 0 Å². The van der Waals surface area contributed by atoms with Gasteiger partial charge in [-0.15, -0.1) is 21.5 Å². The van der Waals surface area contributed by atoms with Gasteiger partial charge >= 0.3 is 0 Å². The Morgan fingerprint density at radius 3 is 2.84 bits per heavy atom. The second-order valence-electron chi connectivity index (χ2n) is 3.76. The first-order valence-corrected chi connectivity index (χ1v) is 8.13. The lowest BCUT2D eigenvalue weighted by Gasteiger charge is -2.03. The molecule has 0 atom stereocenters. The number of hydrogen-bond acceptors (Lipinski definition) is 7. The highest BCUT2D eigenvalue weighted by Crippen LogP contribution is 2.31. The summed E-state index contributed by atoms with van der Waals surface area (Å²) in [6.45, 7) is -0.0971. The van der Waals surface area contributed by atoms with Crippen molar-refractivity contribution in [3.8, 4) is 11.8 Å². The second kappa shape index (κ2) is 6.91. The van der Waals surface area contributed by atoms with E-state index in [0.717, 1.165) is 20.1 Å². The Labute approximate surface area is 124 Å². The van der Waals surface area contributed by atoms with Crippen LogP contribution < -0.4 is 4.90 Å². The van der Waals surface area contributed by atoms with E-state index in [4.69, 9.17) is 5.11 Å². The van der Waals surface area contributed by atoms with Crippen LogP contribution in [-0.4, -0.2) is 36.0 Å². The summed E-state index contributed by atoms with van der Waals surface area (Å²) in [7, 11) is 3.92. The average molecular weight is 311 g/mol. The first-order chi connectivity index (χ1) is 9.19. The molecule has 0 saturated heterocycles. The van der Waals surface area contributed by atoms with Gasteiger partial charge in [-0.2, -0.15) is 0 Å². The number of rotatable bonds is 4. The molecule has 2 heterocycles. The molecule has 0 aliphatic rings. The molecule has 19 heavy (non-hydrogen) atoms. The van der Waals surface area contributed by atoms with Crippen LogP contribution in [0.15, 0.2) is 16.5 Å². The largest absolute Gasteiger partial charge is 0.384 e. The zero-order valence-corrected chi connectivity index (χ0v) is 13.0. The molecule has 2 aromatic rings. The molecule has 0 amide bonds. The zero-order valence-electron chi connectivity index (χ0n) is 10.6. The maximum atomic E-state index is 8.64. The Kier molecular flexibility index (Phi) is 5.22. The predicted molar refractivity (Wildman–Crippen MR) is 82.1 cm³/mol. The van der Waals surface area contributed by atoms with E-state index in [1.54, 1.807) is 34.4 Å². The summed E-state index contributed by atoms with van der Waals surface area (Å²) in [5, 5.41) is 17.8. The van der Waals surface area contributed by atoms with Crippen LogP contribution in [0, 0.1) is 11.8 Å². The van der Waals surface area contributed by atoms with Gasteiger partial charge in [0.2, 0.25) is 5.13 Å². The third-order valence-corrected chi connectivity index (χ3v) is 5.53. The van der Waals surface area contributed by atoms with E-state index < -0.39 is 0 Å². The van der Waals surface area contributed by atoms with Crippen LogP contribution in [0.3, 0.4) is 0 Å². The van der Waals surface area contributed by atoms with Gasteiger partial charge in [-0.3, -0.25) is 0 Å². The summed E-state index contributed by atoms with van der Waals surface area (Å²) in [4.78, 5) is 4.18. The maximum absolute atomic E-state index is 8.64. The lowest BCUT2D eigenvalue weighted by atomic mass is 10.4. The molecular weight excluding hydrogens is 298 g/mol. The molecule has 0 unspecified atom stereocenters. The van der Waals surface area contributed by atoms with Gasteiger partial charge in [0.1, 0.15) is 6.61 Å². The van der Waals surface area contributed by atoms with Crippen molar-refractivity contribution in [3.05, 3.63) is 21.9 Å². The molecule has 0 spiro atoms. The van der Waals surface area contributed by atoms with E-state index in [2.05, 4.69) is 28.1 Å². The quantitative estimate of drug-likeness (QED) is 0.693. The van der Waals surface area contributed by atoms with Gasteiger partial charge in [-0.1, -0.05) is 34.9 Å². The van der Waals surface area contributed by atoms with E-state index in [9.17, 15) is 0 Å². The van der Waals surface area contributed by atoms with Gasteiger partial charge in [0.15, 0.2) is 4.34 Å². The molecule has 4 nitrogen and oxygen atoms in total. The molecular formula is C12H13N3OS3. The molecule has 0 fully saturated rings. The molecule has 0 aliphatic carbocycles. The van der Waals surface area contributed by atoms with Crippen LogP contribution in [0.25, 0.3) is 0 Å². The van der Waals surface area contributed by atoms with Crippen LogP contribution in [-0.2, 0) is 5.75 Å². The van der Waals surface area contributed by atoms with Gasteiger partial charge < -0.3 is 10.0 Å². The number of thioether (sulfide) groups is 1. The van der Waals surface area contributed by atoms with Crippen molar-refractivity contribution < 1.29 is 5.11 Å². The normalized spacial score (nSPS) is 10.1. The fraction of sp³-hybridized carbons (Fsp3) is 0.333. The minimum atomic E-state index is -0.0971. The zero-order chi connectivity index (χ0) is 13.7. The van der Waals surface area contributed by atoms with E-state index in [0.29, 0.717) is 0 Å². The van der Waals surface area contributed by atoms with Crippen molar-refractivity contribution in [1.29, 1.82) is 0 Å². The topological polar surface area (TPSA) is 49.2 Å². The van der Waals surface area contributed by atoms with Crippen molar-refractivity contribution >= 4 is 39.6 Å². The third kappa shape index (κ3) is 4.21. The molecule has 0 aromatic carbocycles. The Morgan fingerprint density at radius 1 is 1.32 bits per heavy atom. The van der Waals surface area contributed by atoms with E-state index >= 15 is 0 Å². The van der Waals surface area contributed by atoms with Crippen LogP contribution in [0.2, 0.25) is 0 Å². The molecule has 2 rings (SSSR count). The van der Waals surface area contributed by atoms with Gasteiger partial charge in [-0.05, 0) is 12.1 Å². The van der Waals surface area contributed by atoms with Gasteiger partial charge in [0.05, 0.1) is 4.88 Å². The summed E-state index contributed by atoms with van der Waals surface area (Å²) in [5.41, 5.74) is 0. The predicted octanol–water partition coefficient (Wildman–Crippen LogP) is 2.30. The van der Waals surface area contributed by atoms with E-state index in [1.807, 2.05) is 25.1 Å². The number of aliphatic hydroxyl groups is 1. The lowest BCUT2D eigenvalue weighted by molar-refractivity contribution is 0.350. The Morgan fingerprint density at radius 2 is 2.16 bits per heavy atom. The molecule has 0 radical (unpaired) electrons. The first kappa shape index (κ1) is 14.3. The van der Waals surface area contributed by atoms with Crippen LogP contribution >= 0.6 is 34.4 Å². The highest BCUT2D eigenvalue weighted by Gasteiger charge is 2.07. The molecule has 0 saturated carbocycles. The fourth-order valence-corrected chi connectivity index (χ4v) is 3.91.